The summed E-state index contributed by atoms with van der Waals surface area (Å²) in [5.74, 6) is 0.555. The lowest BCUT2D eigenvalue weighted by atomic mass is 9.98. The van der Waals surface area contributed by atoms with Gasteiger partial charge in [0.1, 0.15) is 0 Å². The molecule has 0 aromatic heterocycles. The van der Waals surface area contributed by atoms with Gasteiger partial charge in [-0.3, -0.25) is 4.79 Å². The molecule has 0 aliphatic heterocycles. The molecule has 0 rings (SSSR count). The lowest BCUT2D eigenvalue weighted by molar-refractivity contribution is -0.134. The van der Waals surface area contributed by atoms with Gasteiger partial charge in [-0.1, -0.05) is 49.5 Å². The maximum Gasteiger partial charge on any atom is 0.225 e. The van der Waals surface area contributed by atoms with Crippen LogP contribution in [0.4, 0.5) is 0 Å². The van der Waals surface area contributed by atoms with Gasteiger partial charge in [-0.15, -0.1) is 0 Å². The molecule has 0 aromatic carbocycles. The van der Waals surface area contributed by atoms with Gasteiger partial charge >= 0.3 is 0 Å². The zero-order chi connectivity index (χ0) is 12.6. The average molecular weight is 292 g/mol. The average Bonchev–Trinajstić information content (AvgIpc) is 2.26. The summed E-state index contributed by atoms with van der Waals surface area (Å²) in [4.78, 5) is 14.5. The molecule has 0 aliphatic carbocycles. The van der Waals surface area contributed by atoms with Gasteiger partial charge in [-0.05, 0) is 19.3 Å². The van der Waals surface area contributed by atoms with Crippen molar-refractivity contribution in [3.05, 3.63) is 0 Å². The van der Waals surface area contributed by atoms with Crippen molar-refractivity contribution in [2.75, 3.05) is 13.6 Å². The molecule has 1 amide bonds. The molecule has 0 aliphatic rings. The van der Waals surface area contributed by atoms with E-state index >= 15 is 0 Å². The second-order valence-corrected chi connectivity index (χ2v) is 6.14. The molecule has 0 radical (unpaired) electrons. The minimum absolute atomic E-state index is 0.232. The molecule has 0 fully saturated rings. The summed E-state index contributed by atoms with van der Waals surface area (Å²) in [7, 11) is 1.92. The Bertz CT molecular complexity index is 194. The van der Waals surface area contributed by atoms with Gasteiger partial charge in [0.05, 0.1) is 0 Å². The molecule has 96 valence electrons. The summed E-state index contributed by atoms with van der Waals surface area (Å²) in [6, 6.07) is 0. The first-order chi connectivity index (χ1) is 7.52. The third kappa shape index (κ3) is 6.51. The summed E-state index contributed by atoms with van der Waals surface area (Å²) < 4.78 is 0. The Morgan fingerprint density at radius 2 is 1.94 bits per heavy atom. The van der Waals surface area contributed by atoms with Crippen LogP contribution in [0.2, 0.25) is 0 Å². The number of alkyl halides is 1. The highest BCUT2D eigenvalue weighted by molar-refractivity contribution is 9.09. The standard InChI is InChI=1S/C13H26BrNO/c1-5-7-8-12(6-2)13(16)15(4)10-9-11(3)14/h11-12H,5-10H2,1-4H3. The number of unbranched alkanes of at least 4 members (excludes halogenated alkanes) is 1. The highest BCUT2D eigenvalue weighted by Gasteiger charge is 2.19. The van der Waals surface area contributed by atoms with Gasteiger partial charge in [-0.25, -0.2) is 0 Å². The Labute approximate surface area is 109 Å². The molecule has 0 saturated carbocycles. The fraction of sp³-hybridized carbons (Fsp3) is 0.923. The topological polar surface area (TPSA) is 20.3 Å². The quantitative estimate of drug-likeness (QED) is 0.623. The number of carbonyl (C=O) groups excluding carboxylic acids is 1. The van der Waals surface area contributed by atoms with Gasteiger partial charge in [0.25, 0.3) is 0 Å². The van der Waals surface area contributed by atoms with E-state index in [-0.39, 0.29) is 5.92 Å². The predicted molar refractivity (Wildman–Crippen MR) is 73.9 cm³/mol. The molecule has 0 saturated heterocycles. The Morgan fingerprint density at radius 1 is 1.31 bits per heavy atom. The molecule has 0 aromatic rings. The van der Waals surface area contributed by atoms with Crippen molar-refractivity contribution in [1.82, 2.24) is 4.90 Å². The van der Waals surface area contributed by atoms with Crippen molar-refractivity contribution in [3.8, 4) is 0 Å². The van der Waals surface area contributed by atoms with E-state index < -0.39 is 0 Å². The van der Waals surface area contributed by atoms with Crippen LogP contribution in [0.3, 0.4) is 0 Å². The van der Waals surface area contributed by atoms with Crippen LogP contribution in [0.15, 0.2) is 0 Å². The Hall–Kier alpha value is -0.0500. The Balaban J connectivity index is 4.05. The number of hydrogen-bond donors (Lipinski definition) is 0. The van der Waals surface area contributed by atoms with Gasteiger partial charge in [0.15, 0.2) is 0 Å². The molecular formula is C13H26BrNO. The summed E-state index contributed by atoms with van der Waals surface area (Å²) in [6.07, 6.45) is 5.36. The van der Waals surface area contributed by atoms with Gasteiger partial charge in [-0.2, -0.15) is 0 Å². The minimum atomic E-state index is 0.232. The van der Waals surface area contributed by atoms with E-state index in [0.29, 0.717) is 10.7 Å². The van der Waals surface area contributed by atoms with Crippen molar-refractivity contribution in [1.29, 1.82) is 0 Å². The molecule has 0 N–H and O–H groups in total. The van der Waals surface area contributed by atoms with E-state index in [4.69, 9.17) is 0 Å². The Kier molecular flexibility index (Phi) is 9.00. The molecule has 2 unspecified atom stereocenters. The molecule has 0 spiro atoms. The smallest absolute Gasteiger partial charge is 0.225 e. The molecule has 2 nitrogen and oxygen atoms in total. The molecule has 2 atom stereocenters. The molecular weight excluding hydrogens is 266 g/mol. The minimum Gasteiger partial charge on any atom is -0.345 e. The van der Waals surface area contributed by atoms with E-state index in [1.54, 1.807) is 0 Å². The van der Waals surface area contributed by atoms with E-state index in [1.165, 1.54) is 6.42 Å². The van der Waals surface area contributed by atoms with E-state index in [9.17, 15) is 4.79 Å². The zero-order valence-corrected chi connectivity index (χ0v) is 12.7. The third-order valence-electron chi connectivity index (χ3n) is 2.99. The van der Waals surface area contributed by atoms with Crippen LogP contribution in [0.5, 0.6) is 0 Å². The largest absolute Gasteiger partial charge is 0.345 e. The number of amides is 1. The zero-order valence-electron chi connectivity index (χ0n) is 11.1. The monoisotopic (exact) mass is 291 g/mol. The number of halogens is 1. The van der Waals surface area contributed by atoms with Crippen molar-refractivity contribution in [2.45, 2.75) is 57.7 Å². The van der Waals surface area contributed by atoms with E-state index in [0.717, 1.165) is 32.2 Å². The molecule has 0 heterocycles. The molecule has 16 heavy (non-hydrogen) atoms. The number of nitrogens with zero attached hydrogens (tertiary/aromatic N) is 1. The van der Waals surface area contributed by atoms with E-state index in [1.807, 2.05) is 11.9 Å². The lowest BCUT2D eigenvalue weighted by Gasteiger charge is -2.23. The third-order valence-corrected chi connectivity index (χ3v) is 3.44. The second kappa shape index (κ2) is 9.03. The van der Waals surface area contributed by atoms with Crippen LogP contribution in [0, 0.1) is 5.92 Å². The van der Waals surface area contributed by atoms with Crippen LogP contribution in [0.1, 0.15) is 52.9 Å². The van der Waals surface area contributed by atoms with Crippen LogP contribution in [-0.2, 0) is 4.79 Å². The summed E-state index contributed by atoms with van der Waals surface area (Å²) in [5, 5.41) is 0. The van der Waals surface area contributed by atoms with Crippen LogP contribution in [0.25, 0.3) is 0 Å². The number of carbonyl (C=O) groups is 1. The normalized spacial score (nSPS) is 14.6. The van der Waals surface area contributed by atoms with Crippen LogP contribution >= 0.6 is 15.9 Å². The summed E-state index contributed by atoms with van der Waals surface area (Å²) >= 11 is 3.51. The first-order valence-electron chi connectivity index (χ1n) is 6.41. The van der Waals surface area contributed by atoms with Gasteiger partial charge in [0.2, 0.25) is 5.91 Å². The van der Waals surface area contributed by atoms with Crippen LogP contribution < -0.4 is 0 Å². The maximum atomic E-state index is 12.1. The fourth-order valence-electron chi connectivity index (χ4n) is 1.75. The van der Waals surface area contributed by atoms with Gasteiger partial charge in [0, 0.05) is 24.3 Å². The van der Waals surface area contributed by atoms with E-state index in [2.05, 4.69) is 36.7 Å². The van der Waals surface area contributed by atoms with Crippen molar-refractivity contribution < 1.29 is 4.79 Å². The summed E-state index contributed by atoms with van der Waals surface area (Å²) in [6.45, 7) is 7.26. The van der Waals surface area contributed by atoms with Crippen LogP contribution in [-0.4, -0.2) is 29.2 Å². The SMILES string of the molecule is CCCCC(CC)C(=O)N(C)CCC(C)Br. The predicted octanol–water partition coefficient (Wildman–Crippen LogP) is 3.83. The van der Waals surface area contributed by atoms with Gasteiger partial charge < -0.3 is 4.90 Å². The first kappa shape index (κ1) is 16.0. The van der Waals surface area contributed by atoms with Crippen molar-refractivity contribution in [3.63, 3.8) is 0 Å². The first-order valence-corrected chi connectivity index (χ1v) is 7.33. The van der Waals surface area contributed by atoms with Crippen molar-refractivity contribution in [2.24, 2.45) is 5.92 Å². The molecule has 0 bridgehead atoms. The maximum absolute atomic E-state index is 12.1. The highest BCUT2D eigenvalue weighted by atomic mass is 79.9. The fourth-order valence-corrected chi connectivity index (χ4v) is 1.95. The van der Waals surface area contributed by atoms with Crippen molar-refractivity contribution >= 4 is 21.8 Å². The number of hydrogen-bond acceptors (Lipinski definition) is 1. The summed E-state index contributed by atoms with van der Waals surface area (Å²) in [5.41, 5.74) is 0. The lowest BCUT2D eigenvalue weighted by Crippen LogP contribution is -2.34. The highest BCUT2D eigenvalue weighted by Crippen LogP contribution is 2.16. The number of rotatable bonds is 8. The Morgan fingerprint density at radius 3 is 2.38 bits per heavy atom. The second-order valence-electron chi connectivity index (χ2n) is 4.58. The molecule has 3 heteroatoms.